The van der Waals surface area contributed by atoms with E-state index in [1.165, 1.54) is 43.0 Å². The molecule has 2 aliphatic heterocycles. The Bertz CT molecular complexity index is 1360. The molecule has 0 spiro atoms. The van der Waals surface area contributed by atoms with Crippen LogP contribution in [0.5, 0.6) is 5.75 Å². The van der Waals surface area contributed by atoms with Crippen molar-refractivity contribution in [2.24, 2.45) is 4.99 Å². The lowest BCUT2D eigenvalue weighted by Gasteiger charge is -2.41. The number of amides is 1. The van der Waals surface area contributed by atoms with Crippen LogP contribution in [0.3, 0.4) is 0 Å². The van der Waals surface area contributed by atoms with E-state index in [1.807, 2.05) is 18.2 Å². The average Bonchev–Trinajstić information content (AvgIpc) is 3.33. The summed E-state index contributed by atoms with van der Waals surface area (Å²) < 4.78 is 38.7. The lowest BCUT2D eigenvalue weighted by atomic mass is 10.1. The van der Waals surface area contributed by atoms with Gasteiger partial charge in [0.05, 0.1) is 4.92 Å². The minimum absolute atomic E-state index is 0.118. The summed E-state index contributed by atoms with van der Waals surface area (Å²) in [6.45, 7) is 1.20. The van der Waals surface area contributed by atoms with Crippen LogP contribution in [0.2, 0.25) is 0 Å². The van der Waals surface area contributed by atoms with E-state index in [1.54, 1.807) is 12.1 Å². The molecule has 2 heterocycles. The number of benzene rings is 2. The van der Waals surface area contributed by atoms with Gasteiger partial charge in [0.2, 0.25) is 0 Å². The quantitative estimate of drug-likeness (QED) is 0.0682. The number of thioether (sulfide) groups is 1. The molecule has 0 saturated carbocycles. The molecule has 39 heavy (non-hydrogen) atoms. The number of rotatable bonds is 12. The second-order valence-corrected chi connectivity index (χ2v) is 11.1. The molecule has 0 aliphatic carbocycles. The van der Waals surface area contributed by atoms with Gasteiger partial charge in [-0.15, -0.1) is 0 Å². The zero-order valence-electron chi connectivity index (χ0n) is 21.0. The van der Waals surface area contributed by atoms with Gasteiger partial charge in [0, 0.05) is 26.4 Å². The second-order valence-electron chi connectivity index (χ2n) is 8.09. The molecule has 0 aromatic heterocycles. The Morgan fingerprint density at radius 1 is 1.10 bits per heavy atom. The Hall–Kier alpha value is -3.71. The number of carbonyl (C=O) groups excluding carboxylic acids is 2. The number of nitrogens with zero attached hydrogens (tertiary/aromatic N) is 3. The predicted octanol–water partition coefficient (Wildman–Crippen LogP) is 4.05. The standard InChI is InChI=1S/C24H24N3O10PS/c1-15(37-38(32,33-2)34-3)21(24(29)36-13-16-9-11-17(12-10-16)27(30)31)26-22(28)20-23(26)39-19(25-20)14-35-18-7-5-4-6-8-18/h4-12,20,23H,13-14H2,1-3H3. The summed E-state index contributed by atoms with van der Waals surface area (Å²) >= 11 is 1.24. The minimum Gasteiger partial charge on any atom is -0.487 e. The number of β-lactam (4-membered cyclic amide) rings is 1. The van der Waals surface area contributed by atoms with E-state index < -0.39 is 36.0 Å². The Morgan fingerprint density at radius 2 is 1.77 bits per heavy atom. The number of nitro groups is 1. The number of allylic oxidation sites excluding steroid dienone is 1. The van der Waals surface area contributed by atoms with Crippen LogP contribution in [0.1, 0.15) is 12.5 Å². The average molecular weight is 578 g/mol. The first-order valence-electron chi connectivity index (χ1n) is 11.4. The highest BCUT2D eigenvalue weighted by atomic mass is 32.2. The van der Waals surface area contributed by atoms with Crippen LogP contribution in [0, 0.1) is 10.1 Å². The molecule has 2 aliphatic rings. The predicted molar refractivity (Wildman–Crippen MR) is 140 cm³/mol. The van der Waals surface area contributed by atoms with Crippen molar-refractivity contribution in [3.8, 4) is 5.75 Å². The Balaban J connectivity index is 1.52. The number of aliphatic imine (C=N–C) groups is 1. The van der Waals surface area contributed by atoms with Crippen LogP contribution in [-0.2, 0) is 39.1 Å². The number of phosphoric acid groups is 1. The molecule has 4 rings (SSSR count). The van der Waals surface area contributed by atoms with Crippen LogP contribution in [-0.4, -0.2) is 59.0 Å². The topological polar surface area (TPSA) is 156 Å². The highest BCUT2D eigenvalue weighted by molar-refractivity contribution is 8.15. The number of ether oxygens (including phenoxy) is 2. The van der Waals surface area contributed by atoms with Crippen molar-refractivity contribution in [1.82, 2.24) is 4.90 Å². The first kappa shape index (κ1) is 28.3. The van der Waals surface area contributed by atoms with Crippen LogP contribution in [0.15, 0.2) is 71.0 Å². The maximum Gasteiger partial charge on any atom is 0.529 e. The maximum absolute atomic E-state index is 13.3. The zero-order valence-corrected chi connectivity index (χ0v) is 22.8. The first-order chi connectivity index (χ1) is 18.7. The van der Waals surface area contributed by atoms with E-state index in [0.717, 1.165) is 19.1 Å². The van der Waals surface area contributed by atoms with E-state index in [2.05, 4.69) is 4.99 Å². The number of likely N-dealkylation sites (tertiary alicyclic amines) is 1. The molecule has 206 valence electrons. The van der Waals surface area contributed by atoms with Gasteiger partial charge < -0.3 is 14.0 Å². The third kappa shape index (κ3) is 6.31. The number of fused-ring (bicyclic) bond motifs is 1. The third-order valence-corrected chi connectivity index (χ3v) is 8.24. The largest absolute Gasteiger partial charge is 0.529 e. The summed E-state index contributed by atoms with van der Waals surface area (Å²) in [5.74, 6) is -1.03. The van der Waals surface area contributed by atoms with Gasteiger partial charge in [-0.3, -0.25) is 33.8 Å². The van der Waals surface area contributed by atoms with Crippen molar-refractivity contribution in [2.75, 3.05) is 20.8 Å². The number of esters is 1. The lowest BCUT2D eigenvalue weighted by Crippen LogP contribution is -2.61. The Morgan fingerprint density at radius 3 is 2.38 bits per heavy atom. The number of carbonyl (C=O) groups is 2. The number of phosphoric ester groups is 1. The summed E-state index contributed by atoms with van der Waals surface area (Å²) in [5, 5.41) is 10.8. The lowest BCUT2D eigenvalue weighted by molar-refractivity contribution is -0.384. The van der Waals surface area contributed by atoms with Gasteiger partial charge in [0.1, 0.15) is 35.1 Å². The van der Waals surface area contributed by atoms with Crippen LogP contribution in [0.25, 0.3) is 0 Å². The van der Waals surface area contributed by atoms with E-state index in [4.69, 9.17) is 23.0 Å². The molecule has 2 aromatic rings. The summed E-state index contributed by atoms with van der Waals surface area (Å²) in [6.07, 6.45) is 0. The van der Waals surface area contributed by atoms with Crippen LogP contribution < -0.4 is 4.74 Å². The molecule has 0 radical (unpaired) electrons. The molecule has 15 heteroatoms. The maximum atomic E-state index is 13.3. The smallest absolute Gasteiger partial charge is 0.487 e. The number of hydrogen-bond acceptors (Lipinski definition) is 12. The molecule has 2 unspecified atom stereocenters. The number of nitro benzene ring substituents is 1. The van der Waals surface area contributed by atoms with Crippen molar-refractivity contribution in [3.63, 3.8) is 0 Å². The molecule has 0 N–H and O–H groups in total. The third-order valence-electron chi connectivity index (χ3n) is 5.64. The molecular formula is C24H24N3O10PS. The molecule has 1 saturated heterocycles. The zero-order chi connectivity index (χ0) is 28.2. The van der Waals surface area contributed by atoms with E-state index in [0.29, 0.717) is 16.4 Å². The van der Waals surface area contributed by atoms with Crippen LogP contribution in [0.4, 0.5) is 5.69 Å². The monoisotopic (exact) mass is 577 g/mol. The van der Waals surface area contributed by atoms with Gasteiger partial charge in [0.15, 0.2) is 11.7 Å². The van der Waals surface area contributed by atoms with Gasteiger partial charge in [-0.25, -0.2) is 9.36 Å². The number of para-hydroxylation sites is 1. The van der Waals surface area contributed by atoms with E-state index >= 15 is 0 Å². The van der Waals surface area contributed by atoms with Crippen molar-refractivity contribution in [2.45, 2.75) is 24.9 Å². The number of hydrogen-bond donors (Lipinski definition) is 0. The first-order valence-corrected chi connectivity index (χ1v) is 13.8. The van der Waals surface area contributed by atoms with Gasteiger partial charge in [-0.05, 0) is 36.8 Å². The summed E-state index contributed by atoms with van der Waals surface area (Å²) in [6, 6.07) is 13.8. The number of non-ortho nitro benzene ring substituents is 1. The molecule has 2 aromatic carbocycles. The summed E-state index contributed by atoms with van der Waals surface area (Å²) in [4.78, 5) is 42.2. The fourth-order valence-corrected chi connectivity index (χ4v) is 5.60. The van der Waals surface area contributed by atoms with E-state index in [-0.39, 0.29) is 30.4 Å². The van der Waals surface area contributed by atoms with Crippen molar-refractivity contribution in [3.05, 3.63) is 81.7 Å². The minimum atomic E-state index is -4.08. The van der Waals surface area contributed by atoms with Gasteiger partial charge in [-0.2, -0.15) is 0 Å². The van der Waals surface area contributed by atoms with Gasteiger partial charge >= 0.3 is 13.8 Å². The fraction of sp³-hybridized carbons (Fsp3) is 0.292. The summed E-state index contributed by atoms with van der Waals surface area (Å²) in [7, 11) is -1.86. The normalized spacial score (nSPS) is 18.9. The van der Waals surface area contributed by atoms with Crippen molar-refractivity contribution in [1.29, 1.82) is 0 Å². The highest BCUT2D eigenvalue weighted by Crippen LogP contribution is 2.51. The summed E-state index contributed by atoms with van der Waals surface area (Å²) in [5.41, 5.74) is 0.0517. The molecule has 13 nitrogen and oxygen atoms in total. The molecule has 1 fully saturated rings. The highest BCUT2D eigenvalue weighted by Gasteiger charge is 2.56. The molecule has 1 amide bonds. The van der Waals surface area contributed by atoms with E-state index in [9.17, 15) is 24.3 Å². The Labute approximate surface area is 227 Å². The van der Waals surface area contributed by atoms with Crippen LogP contribution >= 0.6 is 19.6 Å². The SMILES string of the molecule is COP(=O)(OC)OC(C)=C(C(=O)OCc1ccc([N+](=O)[O-])cc1)N1C(=O)C2N=C(COc3ccccc3)SC21. The molecule has 2 atom stereocenters. The Kier molecular flexibility index (Phi) is 8.70. The molecular weight excluding hydrogens is 553 g/mol. The second kappa shape index (κ2) is 12.0. The van der Waals surface area contributed by atoms with Crippen molar-refractivity contribution < 1.29 is 42.1 Å². The molecule has 0 bridgehead atoms. The van der Waals surface area contributed by atoms with Gasteiger partial charge in [0.25, 0.3) is 11.6 Å². The fourth-order valence-electron chi connectivity index (χ4n) is 3.68. The van der Waals surface area contributed by atoms with Crippen molar-refractivity contribution >= 4 is 42.2 Å². The van der Waals surface area contributed by atoms with Gasteiger partial charge in [-0.1, -0.05) is 30.0 Å².